The van der Waals surface area contributed by atoms with Crippen molar-refractivity contribution in [3.8, 4) is 6.07 Å². The topological polar surface area (TPSA) is 98.6 Å². The third-order valence-electron chi connectivity index (χ3n) is 2.68. The number of nitrogens with zero attached hydrogens (tertiary/aromatic N) is 2. The third-order valence-corrected chi connectivity index (χ3v) is 2.68. The molecule has 3 N–H and O–H groups in total. The van der Waals surface area contributed by atoms with Crippen molar-refractivity contribution in [2.75, 3.05) is 6.61 Å². The molecule has 1 aromatic heterocycles. The minimum absolute atomic E-state index is 0.329. The van der Waals surface area contributed by atoms with E-state index in [1.54, 1.807) is 18.3 Å². The lowest BCUT2D eigenvalue weighted by Gasteiger charge is -2.17. The summed E-state index contributed by atoms with van der Waals surface area (Å²) in [5.41, 5.74) is 0.329. The smallest absolute Gasteiger partial charge is 0.163 e. The lowest BCUT2D eigenvalue weighted by molar-refractivity contribution is -0.0529. The maximum atomic E-state index is 9.73. The summed E-state index contributed by atoms with van der Waals surface area (Å²) < 4.78 is 6.72. The molecule has 0 bridgehead atoms. The molecule has 0 aliphatic carbocycles. The van der Waals surface area contributed by atoms with Gasteiger partial charge in [0, 0.05) is 6.20 Å². The van der Waals surface area contributed by atoms with Gasteiger partial charge in [0.15, 0.2) is 6.23 Å². The van der Waals surface area contributed by atoms with E-state index in [1.807, 2.05) is 6.07 Å². The molecule has 0 amide bonds. The van der Waals surface area contributed by atoms with Crippen molar-refractivity contribution < 1.29 is 20.1 Å². The first-order valence-corrected chi connectivity index (χ1v) is 4.88. The predicted molar refractivity (Wildman–Crippen MR) is 52.2 cm³/mol. The van der Waals surface area contributed by atoms with Crippen LogP contribution in [0.3, 0.4) is 0 Å². The van der Waals surface area contributed by atoms with Gasteiger partial charge in [-0.15, -0.1) is 0 Å². The van der Waals surface area contributed by atoms with Crippen molar-refractivity contribution in [1.82, 2.24) is 4.57 Å². The molecule has 0 radical (unpaired) electrons. The summed E-state index contributed by atoms with van der Waals surface area (Å²) >= 11 is 0. The molecule has 4 atom stereocenters. The van der Waals surface area contributed by atoms with Crippen molar-refractivity contribution in [2.45, 2.75) is 24.5 Å². The van der Waals surface area contributed by atoms with Gasteiger partial charge in [-0.1, -0.05) is 0 Å². The van der Waals surface area contributed by atoms with E-state index in [1.165, 1.54) is 4.57 Å². The molecule has 1 aliphatic rings. The van der Waals surface area contributed by atoms with Crippen LogP contribution in [0.4, 0.5) is 0 Å². The molecule has 2 heterocycles. The zero-order valence-corrected chi connectivity index (χ0v) is 8.39. The molecule has 1 aromatic rings. The Morgan fingerprint density at radius 2 is 2.19 bits per heavy atom. The fraction of sp³-hybridized carbons (Fsp3) is 0.500. The van der Waals surface area contributed by atoms with Crippen LogP contribution in [0.25, 0.3) is 0 Å². The lowest BCUT2D eigenvalue weighted by atomic mass is 10.1. The largest absolute Gasteiger partial charge is 0.394 e. The highest BCUT2D eigenvalue weighted by atomic mass is 16.6. The number of aromatic nitrogens is 1. The first-order valence-electron chi connectivity index (χ1n) is 4.88. The van der Waals surface area contributed by atoms with E-state index in [-0.39, 0.29) is 6.61 Å². The minimum atomic E-state index is -1.16. The number of aliphatic hydroxyl groups is 3. The van der Waals surface area contributed by atoms with Crippen LogP contribution in [0.1, 0.15) is 11.9 Å². The summed E-state index contributed by atoms with van der Waals surface area (Å²) in [5.74, 6) is 0. The quantitative estimate of drug-likeness (QED) is 0.596. The van der Waals surface area contributed by atoms with Gasteiger partial charge in [-0.3, -0.25) is 0 Å². The van der Waals surface area contributed by atoms with Gasteiger partial charge in [0.2, 0.25) is 0 Å². The van der Waals surface area contributed by atoms with Gasteiger partial charge < -0.3 is 24.6 Å². The molecule has 0 spiro atoms. The fourth-order valence-corrected chi connectivity index (χ4v) is 1.82. The molecule has 1 aliphatic heterocycles. The molecule has 0 unspecified atom stereocenters. The maximum absolute atomic E-state index is 9.73. The first-order chi connectivity index (χ1) is 7.69. The molecule has 1 fully saturated rings. The SMILES string of the molecule is N#Cc1cccn1[C@@H]1O[C@H](CO)[C@@H](O)[C@H]1O. The van der Waals surface area contributed by atoms with Crippen LogP contribution in [-0.4, -0.2) is 44.8 Å². The highest BCUT2D eigenvalue weighted by Crippen LogP contribution is 2.30. The van der Waals surface area contributed by atoms with Crippen LogP contribution in [0.15, 0.2) is 18.3 Å². The second-order valence-electron chi connectivity index (χ2n) is 3.64. The van der Waals surface area contributed by atoms with E-state index in [2.05, 4.69) is 0 Å². The van der Waals surface area contributed by atoms with Gasteiger partial charge in [-0.2, -0.15) is 5.26 Å². The molecule has 86 valence electrons. The fourth-order valence-electron chi connectivity index (χ4n) is 1.82. The number of hydrogen-bond acceptors (Lipinski definition) is 5. The molecule has 0 aromatic carbocycles. The normalized spacial score (nSPS) is 33.9. The van der Waals surface area contributed by atoms with Gasteiger partial charge in [0.1, 0.15) is 30.1 Å². The minimum Gasteiger partial charge on any atom is -0.394 e. The van der Waals surface area contributed by atoms with E-state index < -0.39 is 24.5 Å². The van der Waals surface area contributed by atoms with Gasteiger partial charge in [0.25, 0.3) is 0 Å². The molecule has 16 heavy (non-hydrogen) atoms. The van der Waals surface area contributed by atoms with Crippen LogP contribution >= 0.6 is 0 Å². The van der Waals surface area contributed by atoms with Gasteiger partial charge in [0.05, 0.1) is 6.61 Å². The Kier molecular flexibility index (Phi) is 2.94. The first kappa shape index (κ1) is 11.1. The number of rotatable bonds is 2. The highest BCUT2D eigenvalue weighted by molar-refractivity contribution is 5.23. The maximum Gasteiger partial charge on any atom is 0.163 e. The Morgan fingerprint density at radius 1 is 1.44 bits per heavy atom. The van der Waals surface area contributed by atoms with Crippen LogP contribution in [-0.2, 0) is 4.74 Å². The van der Waals surface area contributed by atoms with Gasteiger partial charge in [-0.25, -0.2) is 0 Å². The summed E-state index contributed by atoms with van der Waals surface area (Å²) in [5, 5.41) is 37.0. The van der Waals surface area contributed by atoms with Gasteiger partial charge in [-0.05, 0) is 12.1 Å². The summed E-state index contributed by atoms with van der Waals surface area (Å²) in [6.45, 7) is -0.377. The lowest BCUT2D eigenvalue weighted by Crippen LogP contribution is -2.33. The van der Waals surface area contributed by atoms with Crippen molar-refractivity contribution in [3.05, 3.63) is 24.0 Å². The molecular formula is C10H12N2O4. The summed E-state index contributed by atoms with van der Waals surface area (Å²) in [7, 11) is 0. The van der Waals surface area contributed by atoms with E-state index >= 15 is 0 Å². The Labute approximate surface area is 91.9 Å². The zero-order valence-electron chi connectivity index (χ0n) is 8.39. The molecule has 6 heteroatoms. The Hall–Kier alpha value is -1.39. The second kappa shape index (κ2) is 4.23. The number of nitriles is 1. The number of ether oxygens (including phenoxy) is 1. The zero-order chi connectivity index (χ0) is 11.7. The van der Waals surface area contributed by atoms with E-state index in [9.17, 15) is 10.2 Å². The predicted octanol–water partition coefficient (Wildman–Crippen LogP) is -1.03. The molecule has 0 saturated carbocycles. The van der Waals surface area contributed by atoms with Crippen molar-refractivity contribution >= 4 is 0 Å². The van der Waals surface area contributed by atoms with Crippen molar-refractivity contribution in [1.29, 1.82) is 5.26 Å². The highest BCUT2D eigenvalue weighted by Gasteiger charge is 2.43. The van der Waals surface area contributed by atoms with E-state index in [0.717, 1.165) is 0 Å². The van der Waals surface area contributed by atoms with Crippen LogP contribution in [0.2, 0.25) is 0 Å². The standard InChI is InChI=1S/C10H12N2O4/c11-4-6-2-1-3-12(6)10-9(15)8(14)7(5-13)16-10/h1-3,7-10,13-15H,5H2/t7-,8-,9-,10-/m1/s1. The van der Waals surface area contributed by atoms with E-state index in [4.69, 9.17) is 15.1 Å². The molecule has 1 saturated heterocycles. The molecule has 6 nitrogen and oxygen atoms in total. The van der Waals surface area contributed by atoms with Crippen LogP contribution < -0.4 is 0 Å². The Morgan fingerprint density at radius 3 is 2.75 bits per heavy atom. The summed E-state index contributed by atoms with van der Waals surface area (Å²) in [4.78, 5) is 0. The van der Waals surface area contributed by atoms with Gasteiger partial charge >= 0.3 is 0 Å². The Balaban J connectivity index is 2.27. The number of aliphatic hydroxyl groups excluding tert-OH is 3. The molecular weight excluding hydrogens is 212 g/mol. The average molecular weight is 224 g/mol. The van der Waals surface area contributed by atoms with Crippen LogP contribution in [0.5, 0.6) is 0 Å². The van der Waals surface area contributed by atoms with E-state index in [0.29, 0.717) is 5.69 Å². The second-order valence-corrected chi connectivity index (χ2v) is 3.64. The number of hydrogen-bond donors (Lipinski definition) is 3. The molecule has 2 rings (SSSR count). The van der Waals surface area contributed by atoms with Crippen molar-refractivity contribution in [2.24, 2.45) is 0 Å². The van der Waals surface area contributed by atoms with Crippen molar-refractivity contribution in [3.63, 3.8) is 0 Å². The summed E-state index contributed by atoms with van der Waals surface area (Å²) in [6.07, 6.45) is -2.38. The summed E-state index contributed by atoms with van der Waals surface area (Å²) in [6, 6.07) is 5.17. The third kappa shape index (κ3) is 1.60. The Bertz CT molecular complexity index is 411. The monoisotopic (exact) mass is 224 g/mol. The average Bonchev–Trinajstić information content (AvgIpc) is 2.86. The van der Waals surface area contributed by atoms with Crippen LogP contribution in [0, 0.1) is 11.3 Å².